The van der Waals surface area contributed by atoms with Crippen LogP contribution < -0.4 is 5.32 Å². The maximum Gasteiger partial charge on any atom is 0.124 e. The topological polar surface area (TPSA) is 37.8 Å². The Bertz CT molecular complexity index is 476. The molecule has 0 saturated carbocycles. The van der Waals surface area contributed by atoms with Crippen LogP contribution in [0.4, 0.5) is 10.1 Å². The molecule has 16 heavy (non-hydrogen) atoms. The van der Waals surface area contributed by atoms with Gasteiger partial charge in [0.2, 0.25) is 0 Å². The molecule has 82 valence electrons. The van der Waals surface area contributed by atoms with Crippen LogP contribution in [0.15, 0.2) is 36.9 Å². The first-order chi connectivity index (χ1) is 7.75. The molecule has 1 N–H and O–H groups in total. The van der Waals surface area contributed by atoms with E-state index in [1.54, 1.807) is 18.5 Å². The lowest BCUT2D eigenvalue weighted by atomic mass is 10.3. The van der Waals surface area contributed by atoms with Gasteiger partial charge < -0.3 is 5.32 Å². The molecular weight excluding hydrogens is 229 g/mol. The number of nitrogens with zero attached hydrogens (tertiary/aromatic N) is 2. The van der Waals surface area contributed by atoms with Gasteiger partial charge in [-0.05, 0) is 18.2 Å². The first-order valence-corrected chi connectivity index (χ1v) is 5.06. The predicted molar refractivity (Wildman–Crippen MR) is 60.8 cm³/mol. The zero-order valence-corrected chi connectivity index (χ0v) is 9.08. The van der Waals surface area contributed by atoms with Crippen LogP contribution in [0.3, 0.4) is 0 Å². The highest BCUT2D eigenvalue weighted by Crippen LogP contribution is 2.22. The molecule has 0 spiro atoms. The van der Waals surface area contributed by atoms with E-state index in [1.807, 2.05) is 0 Å². The van der Waals surface area contributed by atoms with E-state index in [0.29, 0.717) is 17.3 Å². The molecule has 1 heterocycles. The van der Waals surface area contributed by atoms with E-state index >= 15 is 0 Å². The minimum Gasteiger partial charge on any atom is -0.380 e. The molecule has 0 fully saturated rings. The van der Waals surface area contributed by atoms with Crippen molar-refractivity contribution in [2.24, 2.45) is 0 Å². The van der Waals surface area contributed by atoms with Crippen molar-refractivity contribution in [3.8, 4) is 0 Å². The van der Waals surface area contributed by atoms with Gasteiger partial charge in [0, 0.05) is 24.5 Å². The second-order valence-corrected chi connectivity index (χ2v) is 3.63. The zero-order chi connectivity index (χ0) is 11.4. The van der Waals surface area contributed by atoms with Gasteiger partial charge in [-0.1, -0.05) is 11.6 Å². The first-order valence-electron chi connectivity index (χ1n) is 4.68. The average Bonchev–Trinajstić information content (AvgIpc) is 2.29. The molecule has 0 saturated heterocycles. The molecule has 0 bridgehead atoms. The minimum absolute atomic E-state index is 0.349. The molecule has 0 aliphatic carbocycles. The van der Waals surface area contributed by atoms with Gasteiger partial charge >= 0.3 is 0 Å². The van der Waals surface area contributed by atoms with Gasteiger partial charge in [-0.3, -0.25) is 0 Å². The van der Waals surface area contributed by atoms with E-state index in [-0.39, 0.29) is 5.82 Å². The van der Waals surface area contributed by atoms with Gasteiger partial charge in [0.1, 0.15) is 12.1 Å². The Labute approximate surface area is 97.3 Å². The Hall–Kier alpha value is -1.68. The fourth-order valence-electron chi connectivity index (χ4n) is 1.25. The fraction of sp³-hybridized carbons (Fsp3) is 0.0909. The minimum atomic E-state index is -0.349. The van der Waals surface area contributed by atoms with E-state index in [0.717, 1.165) is 5.56 Å². The third-order valence-corrected chi connectivity index (χ3v) is 2.34. The molecular formula is C11H9ClFN3. The number of benzene rings is 1. The summed E-state index contributed by atoms with van der Waals surface area (Å²) < 4.78 is 12.8. The van der Waals surface area contributed by atoms with Crippen LogP contribution in [0.2, 0.25) is 5.02 Å². The molecule has 0 aliphatic heterocycles. The molecule has 2 rings (SSSR count). The maximum absolute atomic E-state index is 12.8. The highest BCUT2D eigenvalue weighted by Gasteiger charge is 2.01. The molecule has 3 nitrogen and oxygen atoms in total. The van der Waals surface area contributed by atoms with Crippen molar-refractivity contribution in [3.05, 3.63) is 53.3 Å². The van der Waals surface area contributed by atoms with E-state index in [2.05, 4.69) is 15.3 Å². The number of nitrogens with one attached hydrogen (secondary N) is 1. The van der Waals surface area contributed by atoms with Crippen LogP contribution in [-0.2, 0) is 6.54 Å². The Balaban J connectivity index is 2.05. The summed E-state index contributed by atoms with van der Waals surface area (Å²) in [6.45, 7) is 0.548. The summed E-state index contributed by atoms with van der Waals surface area (Å²) >= 11 is 5.86. The van der Waals surface area contributed by atoms with E-state index in [1.165, 1.54) is 18.5 Å². The largest absolute Gasteiger partial charge is 0.380 e. The standard InChI is InChI=1S/C11H9ClFN3/c12-10-3-9(13)1-2-11(10)16-6-8-4-14-7-15-5-8/h1-5,7,16H,6H2. The van der Waals surface area contributed by atoms with Gasteiger partial charge in [-0.25, -0.2) is 14.4 Å². The molecule has 0 unspecified atom stereocenters. The van der Waals surface area contributed by atoms with Gasteiger partial charge in [0.25, 0.3) is 0 Å². The third kappa shape index (κ3) is 2.67. The second kappa shape index (κ2) is 4.90. The molecule has 1 aromatic carbocycles. The van der Waals surface area contributed by atoms with Crippen molar-refractivity contribution in [3.63, 3.8) is 0 Å². The monoisotopic (exact) mass is 237 g/mol. The van der Waals surface area contributed by atoms with E-state index in [9.17, 15) is 4.39 Å². The number of hydrogen-bond donors (Lipinski definition) is 1. The maximum atomic E-state index is 12.8. The molecule has 0 aliphatic rings. The Morgan fingerprint density at radius 3 is 2.69 bits per heavy atom. The number of aromatic nitrogens is 2. The van der Waals surface area contributed by atoms with Crippen LogP contribution in [-0.4, -0.2) is 9.97 Å². The molecule has 0 atom stereocenters. The van der Waals surface area contributed by atoms with Crippen LogP contribution in [0.1, 0.15) is 5.56 Å². The number of hydrogen-bond acceptors (Lipinski definition) is 3. The zero-order valence-electron chi connectivity index (χ0n) is 8.32. The average molecular weight is 238 g/mol. The van der Waals surface area contributed by atoms with Crippen LogP contribution in [0.25, 0.3) is 0 Å². The molecule has 2 aromatic rings. The van der Waals surface area contributed by atoms with Crippen LogP contribution >= 0.6 is 11.6 Å². The summed E-state index contributed by atoms with van der Waals surface area (Å²) in [5.74, 6) is -0.349. The Morgan fingerprint density at radius 1 is 1.25 bits per heavy atom. The smallest absolute Gasteiger partial charge is 0.124 e. The Kier molecular flexibility index (Phi) is 3.31. The van der Waals surface area contributed by atoms with Crippen LogP contribution in [0, 0.1) is 5.82 Å². The fourth-order valence-corrected chi connectivity index (χ4v) is 1.49. The highest BCUT2D eigenvalue weighted by atomic mass is 35.5. The lowest BCUT2D eigenvalue weighted by Gasteiger charge is -2.07. The summed E-state index contributed by atoms with van der Waals surface area (Å²) in [7, 11) is 0. The second-order valence-electron chi connectivity index (χ2n) is 3.22. The van der Waals surface area contributed by atoms with Crippen molar-refractivity contribution < 1.29 is 4.39 Å². The number of anilines is 1. The summed E-state index contributed by atoms with van der Waals surface area (Å²) in [4.78, 5) is 7.78. The quantitative estimate of drug-likeness (QED) is 0.892. The summed E-state index contributed by atoms with van der Waals surface area (Å²) in [6, 6.07) is 4.22. The summed E-state index contributed by atoms with van der Waals surface area (Å²) in [6.07, 6.45) is 4.88. The van der Waals surface area contributed by atoms with Gasteiger partial charge in [0.15, 0.2) is 0 Å². The lowest BCUT2D eigenvalue weighted by Crippen LogP contribution is -2.00. The number of rotatable bonds is 3. The Morgan fingerprint density at radius 2 is 2.00 bits per heavy atom. The SMILES string of the molecule is Fc1ccc(NCc2cncnc2)c(Cl)c1. The van der Waals surface area contributed by atoms with Crippen molar-refractivity contribution in [2.45, 2.75) is 6.54 Å². The summed E-state index contributed by atoms with van der Waals surface area (Å²) in [5.41, 5.74) is 1.62. The number of halogens is 2. The first kappa shape index (κ1) is 10.8. The third-order valence-electron chi connectivity index (χ3n) is 2.03. The van der Waals surface area contributed by atoms with E-state index in [4.69, 9.17) is 11.6 Å². The van der Waals surface area contributed by atoms with Gasteiger partial charge in [-0.2, -0.15) is 0 Å². The van der Waals surface area contributed by atoms with Gasteiger partial charge in [0.05, 0.1) is 10.7 Å². The molecule has 1 aromatic heterocycles. The normalized spacial score (nSPS) is 10.1. The lowest BCUT2D eigenvalue weighted by molar-refractivity contribution is 0.628. The van der Waals surface area contributed by atoms with Crippen molar-refractivity contribution in [1.82, 2.24) is 9.97 Å². The van der Waals surface area contributed by atoms with Crippen LogP contribution in [0.5, 0.6) is 0 Å². The van der Waals surface area contributed by atoms with Crippen molar-refractivity contribution >= 4 is 17.3 Å². The predicted octanol–water partition coefficient (Wildman–Crippen LogP) is 2.88. The van der Waals surface area contributed by atoms with Gasteiger partial charge in [-0.15, -0.1) is 0 Å². The van der Waals surface area contributed by atoms with Crippen molar-refractivity contribution in [2.75, 3.05) is 5.32 Å². The molecule has 0 amide bonds. The highest BCUT2D eigenvalue weighted by molar-refractivity contribution is 6.33. The molecule has 5 heteroatoms. The summed E-state index contributed by atoms with van der Waals surface area (Å²) in [5, 5.41) is 3.44. The van der Waals surface area contributed by atoms with E-state index < -0.39 is 0 Å². The molecule has 0 radical (unpaired) electrons. The van der Waals surface area contributed by atoms with Crippen molar-refractivity contribution in [1.29, 1.82) is 0 Å².